The molecule has 0 saturated heterocycles. The maximum absolute atomic E-state index is 12.3. The Morgan fingerprint density at radius 1 is 0.966 bits per heavy atom. The number of aromatic nitrogens is 2. The lowest BCUT2D eigenvalue weighted by Gasteiger charge is -2.10. The summed E-state index contributed by atoms with van der Waals surface area (Å²) in [4.78, 5) is 21.0. The molecular weight excluding hydrogens is 366 g/mol. The summed E-state index contributed by atoms with van der Waals surface area (Å²) in [5.74, 6) is 2.88. The van der Waals surface area contributed by atoms with Crippen molar-refractivity contribution in [3.8, 4) is 5.75 Å². The van der Waals surface area contributed by atoms with Crippen LogP contribution in [0.15, 0.2) is 54.6 Å². The fourth-order valence-corrected chi connectivity index (χ4v) is 2.82. The molecule has 7 nitrogen and oxygen atoms in total. The summed E-state index contributed by atoms with van der Waals surface area (Å²) in [7, 11) is 1.62. The van der Waals surface area contributed by atoms with Crippen LogP contribution in [0.25, 0.3) is 0 Å². The van der Waals surface area contributed by atoms with E-state index in [9.17, 15) is 4.79 Å². The summed E-state index contributed by atoms with van der Waals surface area (Å²) in [6, 6.07) is 16.8. The highest BCUT2D eigenvalue weighted by Gasteiger charge is 2.06. The van der Waals surface area contributed by atoms with Gasteiger partial charge in [-0.05, 0) is 55.8 Å². The molecule has 2 aromatic carbocycles. The minimum Gasteiger partial charge on any atom is -0.497 e. The van der Waals surface area contributed by atoms with Crippen molar-refractivity contribution in [3.05, 3.63) is 66.0 Å². The largest absolute Gasteiger partial charge is 0.497 e. The van der Waals surface area contributed by atoms with Crippen LogP contribution in [0.4, 0.5) is 23.0 Å². The molecule has 1 heterocycles. The molecule has 0 atom stereocenters. The summed E-state index contributed by atoms with van der Waals surface area (Å²) in [6.07, 6.45) is 0.303. The van der Waals surface area contributed by atoms with Gasteiger partial charge in [0.1, 0.15) is 23.2 Å². The van der Waals surface area contributed by atoms with Gasteiger partial charge in [0.2, 0.25) is 5.91 Å². The van der Waals surface area contributed by atoms with Gasteiger partial charge in [-0.2, -0.15) is 0 Å². The van der Waals surface area contributed by atoms with Crippen molar-refractivity contribution in [2.75, 3.05) is 29.6 Å². The molecule has 150 valence electrons. The van der Waals surface area contributed by atoms with E-state index < -0.39 is 0 Å². The maximum Gasteiger partial charge on any atom is 0.228 e. The number of carbonyl (C=O) groups excluding carboxylic acids is 1. The highest BCUT2D eigenvalue weighted by atomic mass is 16.5. The molecule has 0 unspecified atom stereocenters. The zero-order valence-electron chi connectivity index (χ0n) is 16.8. The molecule has 0 aliphatic rings. The fourth-order valence-electron chi connectivity index (χ4n) is 2.82. The van der Waals surface area contributed by atoms with E-state index in [2.05, 4.69) is 25.9 Å². The number of nitrogens with one attached hydrogen (secondary N) is 3. The second-order valence-corrected chi connectivity index (χ2v) is 6.49. The minimum absolute atomic E-state index is 0.0717. The molecule has 0 aliphatic heterocycles. The molecule has 0 radical (unpaired) electrons. The van der Waals surface area contributed by atoms with Crippen LogP contribution in [0.5, 0.6) is 5.75 Å². The predicted molar refractivity (Wildman–Crippen MR) is 116 cm³/mol. The van der Waals surface area contributed by atoms with Crippen LogP contribution < -0.4 is 20.7 Å². The summed E-state index contributed by atoms with van der Waals surface area (Å²) in [6.45, 7) is 4.67. The third-order valence-corrected chi connectivity index (χ3v) is 4.16. The average Bonchev–Trinajstić information content (AvgIpc) is 2.70. The fraction of sp³-hybridized carbons (Fsp3) is 0.227. The molecule has 3 aromatic rings. The highest BCUT2D eigenvalue weighted by molar-refractivity contribution is 5.92. The Morgan fingerprint density at radius 3 is 2.28 bits per heavy atom. The molecule has 3 N–H and O–H groups in total. The Balaban J connectivity index is 1.59. The van der Waals surface area contributed by atoms with Gasteiger partial charge in [0.15, 0.2) is 0 Å². The lowest BCUT2D eigenvalue weighted by atomic mass is 10.1. The van der Waals surface area contributed by atoms with E-state index in [1.54, 1.807) is 7.11 Å². The smallest absolute Gasteiger partial charge is 0.228 e. The molecule has 0 aliphatic carbocycles. The molecule has 1 amide bonds. The first-order valence-electron chi connectivity index (χ1n) is 9.45. The first kappa shape index (κ1) is 20.1. The molecule has 0 fully saturated rings. The van der Waals surface area contributed by atoms with Gasteiger partial charge in [0.05, 0.1) is 13.5 Å². The third kappa shape index (κ3) is 5.93. The van der Waals surface area contributed by atoms with Crippen LogP contribution >= 0.6 is 0 Å². The van der Waals surface area contributed by atoms with Gasteiger partial charge in [0.25, 0.3) is 0 Å². The van der Waals surface area contributed by atoms with Gasteiger partial charge < -0.3 is 20.7 Å². The van der Waals surface area contributed by atoms with Crippen LogP contribution in [0.3, 0.4) is 0 Å². The number of rotatable bonds is 8. The van der Waals surface area contributed by atoms with Crippen molar-refractivity contribution in [1.29, 1.82) is 0 Å². The Bertz CT molecular complexity index is 956. The first-order valence-corrected chi connectivity index (χ1v) is 9.45. The van der Waals surface area contributed by atoms with E-state index >= 15 is 0 Å². The van der Waals surface area contributed by atoms with Gasteiger partial charge in [-0.1, -0.05) is 12.1 Å². The monoisotopic (exact) mass is 391 g/mol. The van der Waals surface area contributed by atoms with Crippen LogP contribution in [0, 0.1) is 6.92 Å². The van der Waals surface area contributed by atoms with Gasteiger partial charge >= 0.3 is 0 Å². The van der Waals surface area contributed by atoms with E-state index in [1.165, 1.54) is 0 Å². The number of benzene rings is 2. The maximum atomic E-state index is 12.3. The number of hydrogen-bond donors (Lipinski definition) is 3. The molecule has 0 bridgehead atoms. The van der Waals surface area contributed by atoms with Crippen LogP contribution in [0.1, 0.15) is 18.3 Å². The molecule has 0 saturated carbocycles. The normalized spacial score (nSPS) is 10.3. The number of aryl methyl sites for hydroxylation is 1. The Morgan fingerprint density at radius 2 is 1.62 bits per heavy atom. The summed E-state index contributed by atoms with van der Waals surface area (Å²) in [5.41, 5.74) is 2.54. The number of hydrogen-bond acceptors (Lipinski definition) is 6. The quantitative estimate of drug-likeness (QED) is 0.535. The Labute approximate surface area is 170 Å². The number of anilines is 4. The number of amides is 1. The lowest BCUT2D eigenvalue weighted by Crippen LogP contribution is -2.14. The van der Waals surface area contributed by atoms with Gasteiger partial charge in [-0.15, -0.1) is 0 Å². The van der Waals surface area contributed by atoms with Crippen LogP contribution in [-0.2, 0) is 11.2 Å². The standard InChI is InChI=1S/C22H25N5O2/c1-4-23-20-14-21(25-15(2)24-20)26-17-7-9-18(10-8-17)27-22(28)13-16-5-11-19(29-3)12-6-16/h5-12,14H,4,13H2,1-3H3,(H,27,28)(H2,23,24,25,26). The SMILES string of the molecule is CCNc1cc(Nc2ccc(NC(=O)Cc3ccc(OC)cc3)cc2)nc(C)n1. The number of ether oxygens (including phenoxy) is 1. The van der Waals surface area contributed by atoms with E-state index in [0.717, 1.165) is 35.1 Å². The van der Waals surface area contributed by atoms with Gasteiger partial charge in [0, 0.05) is 24.0 Å². The van der Waals surface area contributed by atoms with E-state index in [1.807, 2.05) is 68.4 Å². The van der Waals surface area contributed by atoms with Crippen LogP contribution in [-0.4, -0.2) is 29.5 Å². The summed E-state index contributed by atoms with van der Waals surface area (Å²) in [5, 5.41) is 9.36. The highest BCUT2D eigenvalue weighted by Crippen LogP contribution is 2.20. The van der Waals surface area contributed by atoms with Gasteiger partial charge in [-0.3, -0.25) is 4.79 Å². The van der Waals surface area contributed by atoms with Crippen molar-refractivity contribution in [1.82, 2.24) is 9.97 Å². The summed E-state index contributed by atoms with van der Waals surface area (Å²) < 4.78 is 5.13. The molecule has 7 heteroatoms. The molecule has 1 aromatic heterocycles. The Kier molecular flexibility index (Phi) is 6.63. The topological polar surface area (TPSA) is 88.2 Å². The Hall–Kier alpha value is -3.61. The van der Waals surface area contributed by atoms with Crippen LogP contribution in [0.2, 0.25) is 0 Å². The predicted octanol–water partition coefficient (Wildman–Crippen LogP) is 4.15. The lowest BCUT2D eigenvalue weighted by molar-refractivity contribution is -0.115. The number of nitrogens with zero attached hydrogens (tertiary/aromatic N) is 2. The summed E-state index contributed by atoms with van der Waals surface area (Å²) >= 11 is 0. The first-order chi connectivity index (χ1) is 14.1. The second kappa shape index (κ2) is 9.54. The molecule has 0 spiro atoms. The molecular formula is C22H25N5O2. The van der Waals surface area contributed by atoms with Crippen molar-refractivity contribution >= 4 is 28.9 Å². The molecule has 29 heavy (non-hydrogen) atoms. The third-order valence-electron chi connectivity index (χ3n) is 4.16. The molecule has 3 rings (SSSR count). The van der Waals surface area contributed by atoms with E-state index in [-0.39, 0.29) is 5.91 Å². The van der Waals surface area contributed by atoms with E-state index in [0.29, 0.717) is 18.1 Å². The zero-order valence-corrected chi connectivity index (χ0v) is 16.8. The number of methoxy groups -OCH3 is 1. The average molecular weight is 391 g/mol. The number of carbonyl (C=O) groups is 1. The van der Waals surface area contributed by atoms with Crippen molar-refractivity contribution in [3.63, 3.8) is 0 Å². The zero-order chi connectivity index (χ0) is 20.6. The minimum atomic E-state index is -0.0717. The van der Waals surface area contributed by atoms with Crippen molar-refractivity contribution < 1.29 is 9.53 Å². The van der Waals surface area contributed by atoms with Gasteiger partial charge in [-0.25, -0.2) is 9.97 Å². The van der Waals surface area contributed by atoms with E-state index in [4.69, 9.17) is 4.74 Å². The van der Waals surface area contributed by atoms with Crippen molar-refractivity contribution in [2.24, 2.45) is 0 Å². The second-order valence-electron chi connectivity index (χ2n) is 6.49. The van der Waals surface area contributed by atoms with Crippen molar-refractivity contribution in [2.45, 2.75) is 20.3 Å².